The summed E-state index contributed by atoms with van der Waals surface area (Å²) in [6, 6.07) is 7.44. The fraction of sp³-hybridized carbons (Fsp3) is 0.200. The molecule has 1 heterocycles. The van der Waals surface area contributed by atoms with Gasteiger partial charge in [-0.15, -0.1) is 0 Å². The summed E-state index contributed by atoms with van der Waals surface area (Å²) >= 11 is 3.26. The lowest BCUT2D eigenvalue weighted by molar-refractivity contribution is 0.0518. The van der Waals surface area contributed by atoms with E-state index in [0.29, 0.717) is 11.4 Å². The van der Waals surface area contributed by atoms with Crippen LogP contribution in [0.15, 0.2) is 41.1 Å². The number of benzene rings is 2. The Bertz CT molecular complexity index is 1070. The van der Waals surface area contributed by atoms with Crippen LogP contribution in [0, 0.1) is 17.5 Å². The molecule has 6 nitrogen and oxygen atoms in total. The third-order valence-electron chi connectivity index (χ3n) is 4.17. The molecule has 0 bridgehead atoms. The normalized spacial score (nSPS) is 10.7. The lowest BCUT2D eigenvalue weighted by atomic mass is 10.2. The zero-order valence-electron chi connectivity index (χ0n) is 16.0. The van der Waals surface area contributed by atoms with Crippen LogP contribution in [-0.4, -0.2) is 29.2 Å². The number of nitrogens with zero attached hydrogens (tertiary/aromatic N) is 2. The van der Waals surface area contributed by atoms with E-state index in [4.69, 9.17) is 9.47 Å². The highest BCUT2D eigenvalue weighted by Crippen LogP contribution is 2.32. The van der Waals surface area contributed by atoms with Gasteiger partial charge in [0.05, 0.1) is 31.6 Å². The second-order valence-corrected chi connectivity index (χ2v) is 6.74. The highest BCUT2D eigenvalue weighted by molar-refractivity contribution is 9.10. The SMILES string of the molecule is CCOC(=O)c1nc(Br)n(-c2cc(F)c(F)cc2OC)c1CNc1ccc(F)cc1. The van der Waals surface area contributed by atoms with Crippen LogP contribution in [0.1, 0.15) is 23.1 Å². The predicted octanol–water partition coefficient (Wildman–Crippen LogP) is 4.85. The van der Waals surface area contributed by atoms with E-state index < -0.39 is 23.4 Å². The van der Waals surface area contributed by atoms with Crippen molar-refractivity contribution in [1.82, 2.24) is 9.55 Å². The minimum atomic E-state index is -1.10. The third-order valence-corrected chi connectivity index (χ3v) is 4.70. The van der Waals surface area contributed by atoms with E-state index in [9.17, 15) is 18.0 Å². The molecule has 158 valence electrons. The topological polar surface area (TPSA) is 65.4 Å². The summed E-state index contributed by atoms with van der Waals surface area (Å²) < 4.78 is 52.7. The number of carbonyl (C=O) groups excluding carboxylic acids is 1. The zero-order valence-corrected chi connectivity index (χ0v) is 17.6. The average Bonchev–Trinajstić information content (AvgIpc) is 3.05. The van der Waals surface area contributed by atoms with Gasteiger partial charge in [-0.3, -0.25) is 4.57 Å². The van der Waals surface area contributed by atoms with Crippen molar-refractivity contribution >= 4 is 27.6 Å². The molecule has 2 aromatic carbocycles. The van der Waals surface area contributed by atoms with Crippen LogP contribution in [0.2, 0.25) is 0 Å². The number of rotatable bonds is 7. The third kappa shape index (κ3) is 4.43. The Morgan fingerprint density at radius 2 is 1.83 bits per heavy atom. The van der Waals surface area contributed by atoms with Crippen molar-refractivity contribution in [2.45, 2.75) is 13.5 Å². The van der Waals surface area contributed by atoms with Gasteiger partial charge in [0, 0.05) is 17.8 Å². The van der Waals surface area contributed by atoms with Gasteiger partial charge < -0.3 is 14.8 Å². The van der Waals surface area contributed by atoms with E-state index in [0.717, 1.165) is 12.1 Å². The molecule has 3 rings (SSSR count). The molecular weight excluding hydrogens is 467 g/mol. The van der Waals surface area contributed by atoms with Gasteiger partial charge >= 0.3 is 5.97 Å². The lowest BCUT2D eigenvalue weighted by Gasteiger charge is -2.15. The molecule has 0 radical (unpaired) electrons. The maximum atomic E-state index is 14.0. The van der Waals surface area contributed by atoms with E-state index in [-0.39, 0.29) is 35.0 Å². The van der Waals surface area contributed by atoms with Gasteiger partial charge in [-0.2, -0.15) is 0 Å². The second-order valence-electron chi connectivity index (χ2n) is 6.03. The Morgan fingerprint density at radius 3 is 2.47 bits per heavy atom. The van der Waals surface area contributed by atoms with Crippen LogP contribution in [-0.2, 0) is 11.3 Å². The van der Waals surface area contributed by atoms with Crippen LogP contribution >= 0.6 is 15.9 Å². The van der Waals surface area contributed by atoms with Gasteiger partial charge in [-0.1, -0.05) is 0 Å². The van der Waals surface area contributed by atoms with E-state index in [1.54, 1.807) is 6.92 Å². The van der Waals surface area contributed by atoms with Crippen LogP contribution in [0.5, 0.6) is 5.75 Å². The zero-order chi connectivity index (χ0) is 21.8. The molecule has 1 N–H and O–H groups in total. The molecule has 10 heteroatoms. The summed E-state index contributed by atoms with van der Waals surface area (Å²) in [5.74, 6) is -3.23. The summed E-state index contributed by atoms with van der Waals surface area (Å²) in [6.07, 6.45) is 0. The Labute approximate surface area is 178 Å². The van der Waals surface area contributed by atoms with E-state index in [1.165, 1.54) is 35.9 Å². The number of methoxy groups -OCH3 is 1. The van der Waals surface area contributed by atoms with Crippen molar-refractivity contribution in [3.8, 4) is 11.4 Å². The molecule has 0 aliphatic carbocycles. The molecule has 0 fully saturated rings. The van der Waals surface area contributed by atoms with Crippen molar-refractivity contribution in [3.63, 3.8) is 0 Å². The monoisotopic (exact) mass is 483 g/mol. The van der Waals surface area contributed by atoms with Crippen LogP contribution in [0.3, 0.4) is 0 Å². The van der Waals surface area contributed by atoms with E-state index in [2.05, 4.69) is 26.2 Å². The van der Waals surface area contributed by atoms with Crippen LogP contribution in [0.25, 0.3) is 5.69 Å². The van der Waals surface area contributed by atoms with Crippen molar-refractivity contribution in [2.24, 2.45) is 0 Å². The molecule has 30 heavy (non-hydrogen) atoms. The average molecular weight is 484 g/mol. The van der Waals surface area contributed by atoms with Gasteiger partial charge in [0.15, 0.2) is 22.1 Å². The second kappa shape index (κ2) is 9.21. The first-order valence-corrected chi connectivity index (χ1v) is 9.62. The standard InChI is InChI=1S/C20H17BrF3N3O3/c1-3-30-19(28)18-16(10-25-12-6-4-11(22)5-7-12)27(20(21)26-18)15-8-13(23)14(24)9-17(15)29-2/h4-9,25H,3,10H2,1-2H3. The summed E-state index contributed by atoms with van der Waals surface area (Å²) in [6.45, 7) is 1.82. The van der Waals surface area contributed by atoms with Gasteiger partial charge in [-0.25, -0.2) is 22.9 Å². The fourth-order valence-electron chi connectivity index (χ4n) is 2.80. The number of aromatic nitrogens is 2. The number of hydrogen-bond donors (Lipinski definition) is 1. The van der Waals surface area contributed by atoms with Crippen molar-refractivity contribution in [2.75, 3.05) is 19.0 Å². The molecule has 0 saturated carbocycles. The highest BCUT2D eigenvalue weighted by atomic mass is 79.9. The van der Waals surface area contributed by atoms with E-state index in [1.807, 2.05) is 0 Å². The number of anilines is 1. The maximum absolute atomic E-state index is 14.0. The quantitative estimate of drug-likeness (QED) is 0.486. The highest BCUT2D eigenvalue weighted by Gasteiger charge is 2.26. The molecule has 0 unspecified atom stereocenters. The number of esters is 1. The molecule has 1 aromatic heterocycles. The number of halogens is 4. The largest absolute Gasteiger partial charge is 0.494 e. The van der Waals surface area contributed by atoms with Crippen molar-refractivity contribution < 1.29 is 27.4 Å². The summed E-state index contributed by atoms with van der Waals surface area (Å²) in [5.41, 5.74) is 0.980. The van der Waals surface area contributed by atoms with Gasteiger partial charge in [0.2, 0.25) is 0 Å². The molecule has 0 aliphatic heterocycles. The number of imidazole rings is 1. The number of nitrogens with one attached hydrogen (secondary N) is 1. The molecule has 0 atom stereocenters. The van der Waals surface area contributed by atoms with E-state index >= 15 is 0 Å². The first-order valence-electron chi connectivity index (χ1n) is 8.82. The lowest BCUT2D eigenvalue weighted by Crippen LogP contribution is -2.14. The molecule has 0 spiro atoms. The number of carbonyl (C=O) groups is 1. The molecule has 3 aromatic rings. The van der Waals surface area contributed by atoms with Gasteiger partial charge in [0.25, 0.3) is 0 Å². The van der Waals surface area contributed by atoms with Gasteiger partial charge in [-0.05, 0) is 47.1 Å². The molecule has 0 amide bonds. The number of ether oxygens (including phenoxy) is 2. The minimum Gasteiger partial charge on any atom is -0.494 e. The Morgan fingerprint density at radius 1 is 1.17 bits per heavy atom. The number of hydrogen-bond acceptors (Lipinski definition) is 5. The Hall–Kier alpha value is -3.01. The maximum Gasteiger partial charge on any atom is 0.358 e. The Balaban J connectivity index is 2.11. The first-order chi connectivity index (χ1) is 14.3. The minimum absolute atomic E-state index is 0.0230. The van der Waals surface area contributed by atoms with Gasteiger partial charge in [0.1, 0.15) is 11.6 Å². The van der Waals surface area contributed by atoms with Crippen LogP contribution in [0.4, 0.5) is 18.9 Å². The molecule has 0 aliphatic rings. The van der Waals surface area contributed by atoms with Crippen molar-refractivity contribution in [3.05, 3.63) is 70.0 Å². The smallest absolute Gasteiger partial charge is 0.358 e. The first kappa shape index (κ1) is 21.7. The molecular formula is C20H17BrF3N3O3. The Kier molecular flexibility index (Phi) is 6.66. The summed E-state index contributed by atoms with van der Waals surface area (Å²) in [4.78, 5) is 16.6. The molecule has 0 saturated heterocycles. The predicted molar refractivity (Wildman–Crippen MR) is 107 cm³/mol. The van der Waals surface area contributed by atoms with Crippen molar-refractivity contribution in [1.29, 1.82) is 0 Å². The van der Waals surface area contributed by atoms with Crippen LogP contribution < -0.4 is 10.1 Å². The summed E-state index contributed by atoms with van der Waals surface area (Å²) in [7, 11) is 1.31. The summed E-state index contributed by atoms with van der Waals surface area (Å²) in [5, 5.41) is 3.05. The fourth-order valence-corrected chi connectivity index (χ4v) is 3.39.